The van der Waals surface area contributed by atoms with Gasteiger partial charge >= 0.3 is 0 Å². The Morgan fingerprint density at radius 2 is 1.44 bits per heavy atom. The number of aryl methyl sites for hydroxylation is 4. The van der Waals surface area contributed by atoms with Crippen LogP contribution in [0.2, 0.25) is 0 Å². The molecular formula is C45H47ClFN3O4. The monoisotopic (exact) mass is 747 g/mol. The third kappa shape index (κ3) is 11.3. The zero-order chi connectivity index (χ0) is 37.2. The molecule has 5 aromatic rings. The zero-order valence-electron chi connectivity index (χ0n) is 31.3. The van der Waals surface area contributed by atoms with Crippen molar-refractivity contribution in [1.82, 2.24) is 14.8 Å². The van der Waals surface area contributed by atoms with Crippen molar-refractivity contribution >= 4 is 30.5 Å². The molecule has 0 aliphatic carbocycles. The van der Waals surface area contributed by atoms with Crippen LogP contribution >= 0.6 is 12.4 Å². The van der Waals surface area contributed by atoms with Crippen molar-refractivity contribution in [3.05, 3.63) is 160 Å². The second kappa shape index (κ2) is 19.1. The zero-order valence-corrected chi connectivity index (χ0v) is 32.1. The summed E-state index contributed by atoms with van der Waals surface area (Å²) in [5.74, 6) is 2.38. The maximum Gasteiger partial charge on any atom is 0.246 e. The number of benzene rings is 4. The number of amides is 1. The molecule has 0 N–H and O–H groups in total. The molecule has 0 atom stereocenters. The molecule has 9 heteroatoms. The quantitative estimate of drug-likeness (QED) is 0.112. The van der Waals surface area contributed by atoms with E-state index >= 15 is 0 Å². The highest BCUT2D eigenvalue weighted by molar-refractivity contribution is 5.92. The molecule has 0 spiro atoms. The summed E-state index contributed by atoms with van der Waals surface area (Å²) in [6, 6.07) is 28.5. The molecule has 6 rings (SSSR count). The SMILES string of the molecule is Cc1ccc(OCC=Cc2ccc(CN3CCN(C(=O)C=Cc4cc(C)c(Oc5ccc(OCc6ccc(F)cc6)cn5)c(C)c4)CC3)cc2C)cc1.Cl. The van der Waals surface area contributed by atoms with Gasteiger partial charge in [0.2, 0.25) is 11.8 Å². The summed E-state index contributed by atoms with van der Waals surface area (Å²) in [7, 11) is 0. The van der Waals surface area contributed by atoms with Gasteiger partial charge in [0.1, 0.15) is 36.3 Å². The van der Waals surface area contributed by atoms with E-state index in [1.54, 1.807) is 36.5 Å². The van der Waals surface area contributed by atoms with Gasteiger partial charge in [-0.3, -0.25) is 9.69 Å². The van der Waals surface area contributed by atoms with Gasteiger partial charge in [-0.2, -0.15) is 0 Å². The lowest BCUT2D eigenvalue weighted by Gasteiger charge is -2.34. The first-order valence-electron chi connectivity index (χ1n) is 18.0. The first-order chi connectivity index (χ1) is 25.7. The topological polar surface area (TPSA) is 64.1 Å². The minimum absolute atomic E-state index is 0. The number of ether oxygens (including phenoxy) is 3. The Morgan fingerprint density at radius 3 is 2.11 bits per heavy atom. The molecule has 0 radical (unpaired) electrons. The van der Waals surface area contributed by atoms with Gasteiger partial charge < -0.3 is 19.1 Å². The number of rotatable bonds is 13. The third-order valence-electron chi connectivity index (χ3n) is 9.22. The Morgan fingerprint density at radius 1 is 0.759 bits per heavy atom. The molecule has 280 valence electrons. The summed E-state index contributed by atoms with van der Waals surface area (Å²) in [6.45, 7) is 12.9. The van der Waals surface area contributed by atoms with Crippen molar-refractivity contribution < 1.29 is 23.4 Å². The van der Waals surface area contributed by atoms with Gasteiger partial charge in [0.05, 0.1) is 6.20 Å². The van der Waals surface area contributed by atoms with Gasteiger partial charge in [-0.15, -0.1) is 12.4 Å². The van der Waals surface area contributed by atoms with E-state index in [2.05, 4.69) is 66.2 Å². The summed E-state index contributed by atoms with van der Waals surface area (Å²) in [4.78, 5) is 21.8. The van der Waals surface area contributed by atoms with E-state index in [4.69, 9.17) is 14.2 Å². The number of carbonyl (C=O) groups excluding carboxylic acids is 1. The second-order valence-electron chi connectivity index (χ2n) is 13.5. The average Bonchev–Trinajstić information content (AvgIpc) is 3.16. The molecule has 0 bridgehead atoms. The Balaban J connectivity index is 0.00000561. The van der Waals surface area contributed by atoms with E-state index in [0.29, 0.717) is 37.9 Å². The van der Waals surface area contributed by atoms with Crippen molar-refractivity contribution in [2.24, 2.45) is 0 Å². The number of hydrogen-bond donors (Lipinski definition) is 0. The molecule has 1 aromatic heterocycles. The van der Waals surface area contributed by atoms with Crippen LogP contribution in [-0.4, -0.2) is 53.5 Å². The van der Waals surface area contributed by atoms with E-state index < -0.39 is 0 Å². The maximum atomic E-state index is 13.1. The van der Waals surface area contributed by atoms with Crippen molar-refractivity contribution in [3.8, 4) is 23.1 Å². The van der Waals surface area contributed by atoms with Gasteiger partial charge in [0.25, 0.3) is 0 Å². The largest absolute Gasteiger partial charge is 0.490 e. The predicted molar refractivity (Wildman–Crippen MR) is 216 cm³/mol. The van der Waals surface area contributed by atoms with Crippen LogP contribution in [0.1, 0.15) is 44.5 Å². The average molecular weight is 748 g/mol. The molecule has 0 saturated carbocycles. The lowest BCUT2D eigenvalue weighted by atomic mass is 10.0. The number of nitrogens with zero attached hydrogens (tertiary/aromatic N) is 3. The molecule has 4 aromatic carbocycles. The fourth-order valence-corrected chi connectivity index (χ4v) is 6.24. The minimum Gasteiger partial charge on any atom is -0.490 e. The summed E-state index contributed by atoms with van der Waals surface area (Å²) >= 11 is 0. The van der Waals surface area contributed by atoms with Crippen LogP contribution in [0.4, 0.5) is 4.39 Å². The van der Waals surface area contributed by atoms with Crippen LogP contribution < -0.4 is 14.2 Å². The molecule has 1 aliphatic heterocycles. The summed E-state index contributed by atoms with van der Waals surface area (Å²) in [6.07, 6.45) is 9.31. The smallest absolute Gasteiger partial charge is 0.246 e. The summed E-state index contributed by atoms with van der Waals surface area (Å²) in [5.41, 5.74) is 8.59. The number of pyridine rings is 1. The van der Waals surface area contributed by atoms with Crippen LogP contribution in [0, 0.1) is 33.5 Å². The van der Waals surface area contributed by atoms with E-state index in [1.807, 2.05) is 49.1 Å². The van der Waals surface area contributed by atoms with Gasteiger partial charge in [-0.05, 0) is 121 Å². The van der Waals surface area contributed by atoms with Crippen LogP contribution in [0.5, 0.6) is 23.1 Å². The number of carbonyl (C=O) groups is 1. The molecule has 54 heavy (non-hydrogen) atoms. The minimum atomic E-state index is -0.278. The first kappa shape index (κ1) is 39.8. The third-order valence-corrected chi connectivity index (χ3v) is 9.22. The highest BCUT2D eigenvalue weighted by atomic mass is 35.5. The van der Waals surface area contributed by atoms with Crippen molar-refractivity contribution in [2.75, 3.05) is 32.8 Å². The highest BCUT2D eigenvalue weighted by Gasteiger charge is 2.20. The predicted octanol–water partition coefficient (Wildman–Crippen LogP) is 9.70. The van der Waals surface area contributed by atoms with Crippen LogP contribution in [0.25, 0.3) is 12.2 Å². The Hall–Kier alpha value is -5.44. The van der Waals surface area contributed by atoms with Crippen molar-refractivity contribution in [3.63, 3.8) is 0 Å². The van der Waals surface area contributed by atoms with Crippen LogP contribution in [0.15, 0.2) is 109 Å². The van der Waals surface area contributed by atoms with E-state index in [1.165, 1.54) is 34.4 Å². The molecule has 1 fully saturated rings. The lowest BCUT2D eigenvalue weighted by Crippen LogP contribution is -2.47. The number of piperazine rings is 1. The summed E-state index contributed by atoms with van der Waals surface area (Å²) in [5, 5.41) is 0. The maximum absolute atomic E-state index is 13.1. The molecular weight excluding hydrogens is 701 g/mol. The number of aromatic nitrogens is 1. The van der Waals surface area contributed by atoms with Crippen molar-refractivity contribution in [2.45, 2.75) is 40.8 Å². The standard InChI is InChI=1S/C45H46FN3O4.ClH/c1-32-7-16-41(17-8-32)51-25-5-6-39-13-9-38(26-33(39)2)30-48-21-23-49(24-22-48)44(50)20-12-37-27-34(3)45(35(4)28-37)53-43-19-18-42(29-47-43)52-31-36-10-14-40(46)15-11-36;/h5-20,26-29H,21-25,30-31H2,1-4H3;1H. The van der Waals surface area contributed by atoms with Crippen LogP contribution in [-0.2, 0) is 17.9 Å². The Bertz CT molecular complexity index is 2030. The molecule has 2 heterocycles. The lowest BCUT2D eigenvalue weighted by molar-refractivity contribution is -0.127. The second-order valence-corrected chi connectivity index (χ2v) is 13.5. The van der Waals surface area contributed by atoms with E-state index in [9.17, 15) is 9.18 Å². The van der Waals surface area contributed by atoms with Crippen LogP contribution in [0.3, 0.4) is 0 Å². The molecule has 7 nitrogen and oxygen atoms in total. The molecule has 1 saturated heterocycles. The Labute approximate surface area is 324 Å². The normalized spacial score (nSPS) is 13.2. The fraction of sp³-hybridized carbons (Fsp3) is 0.244. The fourth-order valence-electron chi connectivity index (χ4n) is 6.24. The van der Waals surface area contributed by atoms with Gasteiger partial charge in [-0.1, -0.05) is 54.1 Å². The van der Waals surface area contributed by atoms with Gasteiger partial charge in [0, 0.05) is 44.9 Å². The van der Waals surface area contributed by atoms with Gasteiger partial charge in [0.15, 0.2) is 0 Å². The summed E-state index contributed by atoms with van der Waals surface area (Å²) < 4.78 is 30.9. The Kier molecular flexibility index (Phi) is 14.0. The molecule has 1 aliphatic rings. The number of hydrogen-bond acceptors (Lipinski definition) is 6. The molecule has 1 amide bonds. The van der Waals surface area contributed by atoms with E-state index in [-0.39, 0.29) is 24.1 Å². The number of halogens is 2. The highest BCUT2D eigenvalue weighted by Crippen LogP contribution is 2.30. The van der Waals surface area contributed by atoms with Crippen molar-refractivity contribution in [1.29, 1.82) is 0 Å². The van der Waals surface area contributed by atoms with Gasteiger partial charge in [-0.25, -0.2) is 9.37 Å². The molecule has 0 unspecified atom stereocenters. The first-order valence-corrected chi connectivity index (χ1v) is 18.0. The van der Waals surface area contributed by atoms with E-state index in [0.717, 1.165) is 53.4 Å².